The number of aryl methyl sites for hydroxylation is 1. The largest absolute Gasteiger partial charge is 0.462 e. The predicted molar refractivity (Wildman–Crippen MR) is 178 cm³/mol. The lowest BCUT2D eigenvalue weighted by Crippen LogP contribution is -2.30. The summed E-state index contributed by atoms with van der Waals surface area (Å²) in [6.45, 7) is -0.474. The number of aliphatic hydroxyl groups is 3. The van der Waals surface area contributed by atoms with Crippen molar-refractivity contribution in [3.8, 4) is 24.7 Å². The lowest BCUT2D eigenvalue weighted by atomic mass is 9.85. The topological polar surface area (TPSA) is 140 Å². The SMILES string of the molecule is C#CCCCC(=O)OCC(COC(=O)CCCC#C)OC(=O)CCCC=CC[C@@H]1[C@@H](CC[C@@H](O)CCc2ccccc2)[C@H](O)C[C@@H]1O. The lowest BCUT2D eigenvalue weighted by Gasteiger charge is -2.23. The minimum Gasteiger partial charge on any atom is -0.462 e. The highest BCUT2D eigenvalue weighted by Gasteiger charge is 2.40. The second kappa shape index (κ2) is 23.7. The van der Waals surface area contributed by atoms with Crippen LogP contribution in [0.1, 0.15) is 95.5 Å². The zero-order valence-electron chi connectivity index (χ0n) is 27.5. The Balaban J connectivity index is 1.74. The van der Waals surface area contributed by atoms with Gasteiger partial charge in [-0.2, -0.15) is 0 Å². The van der Waals surface area contributed by atoms with Crippen LogP contribution in [0.15, 0.2) is 42.5 Å². The van der Waals surface area contributed by atoms with E-state index in [2.05, 4.69) is 11.8 Å². The Morgan fingerprint density at radius 2 is 1.43 bits per heavy atom. The molecule has 0 amide bonds. The van der Waals surface area contributed by atoms with Crippen LogP contribution in [0.25, 0.3) is 0 Å². The van der Waals surface area contributed by atoms with Crippen molar-refractivity contribution in [2.45, 2.75) is 121 Å². The molecule has 1 aromatic rings. The third kappa shape index (κ3) is 17.2. The predicted octanol–water partition coefficient (Wildman–Crippen LogP) is 4.84. The van der Waals surface area contributed by atoms with E-state index in [0.717, 1.165) is 6.42 Å². The van der Waals surface area contributed by atoms with Crippen LogP contribution in [0, 0.1) is 36.5 Å². The fraction of sp³-hybridized carbons (Fsp3) is 0.605. The van der Waals surface area contributed by atoms with Crippen LogP contribution in [0.3, 0.4) is 0 Å². The van der Waals surface area contributed by atoms with Gasteiger partial charge in [-0.15, -0.1) is 24.7 Å². The molecule has 1 fully saturated rings. The Labute approximate surface area is 280 Å². The number of carbonyl (C=O) groups excluding carboxylic acids is 3. The third-order valence-corrected chi connectivity index (χ3v) is 8.35. The summed E-state index contributed by atoms with van der Waals surface area (Å²) in [6, 6.07) is 10.0. The summed E-state index contributed by atoms with van der Waals surface area (Å²) in [4.78, 5) is 36.5. The number of ether oxygens (including phenoxy) is 3. The molecule has 2 rings (SSSR count). The van der Waals surface area contributed by atoms with Crippen LogP contribution in [0.4, 0.5) is 0 Å². The number of allylic oxidation sites excluding steroid dienone is 2. The van der Waals surface area contributed by atoms with Crippen molar-refractivity contribution in [3.63, 3.8) is 0 Å². The first-order valence-corrected chi connectivity index (χ1v) is 16.8. The van der Waals surface area contributed by atoms with E-state index in [1.807, 2.05) is 42.5 Å². The van der Waals surface area contributed by atoms with Gasteiger partial charge in [-0.05, 0) is 81.6 Å². The molecular weight excluding hydrogens is 600 g/mol. The Bertz CT molecular complexity index is 1130. The number of carbonyl (C=O) groups is 3. The van der Waals surface area contributed by atoms with Gasteiger partial charge in [0.15, 0.2) is 6.10 Å². The highest BCUT2D eigenvalue weighted by molar-refractivity contribution is 5.71. The van der Waals surface area contributed by atoms with Gasteiger partial charge in [0.25, 0.3) is 0 Å². The number of esters is 3. The molecule has 0 unspecified atom stereocenters. The molecule has 9 nitrogen and oxygen atoms in total. The van der Waals surface area contributed by atoms with Gasteiger partial charge in [-0.25, -0.2) is 0 Å². The summed E-state index contributed by atoms with van der Waals surface area (Å²) in [5, 5.41) is 31.7. The highest BCUT2D eigenvalue weighted by atomic mass is 16.6. The van der Waals surface area contributed by atoms with Crippen molar-refractivity contribution >= 4 is 17.9 Å². The van der Waals surface area contributed by atoms with Gasteiger partial charge in [0.1, 0.15) is 13.2 Å². The number of terminal acetylenes is 2. The van der Waals surface area contributed by atoms with Crippen LogP contribution >= 0.6 is 0 Å². The summed E-state index contributed by atoms with van der Waals surface area (Å²) < 4.78 is 15.9. The zero-order valence-corrected chi connectivity index (χ0v) is 27.5. The molecule has 0 saturated heterocycles. The van der Waals surface area contributed by atoms with Crippen molar-refractivity contribution in [2.24, 2.45) is 11.8 Å². The van der Waals surface area contributed by atoms with Crippen LogP contribution < -0.4 is 0 Å². The van der Waals surface area contributed by atoms with Gasteiger partial charge < -0.3 is 29.5 Å². The second-order valence-electron chi connectivity index (χ2n) is 12.1. The van der Waals surface area contributed by atoms with Crippen molar-refractivity contribution in [3.05, 3.63) is 48.0 Å². The third-order valence-electron chi connectivity index (χ3n) is 8.35. The molecule has 258 valence electrons. The summed E-state index contributed by atoms with van der Waals surface area (Å²) in [5.41, 5.74) is 1.18. The Hall–Kier alpha value is -3.63. The van der Waals surface area contributed by atoms with E-state index in [1.165, 1.54) is 5.56 Å². The van der Waals surface area contributed by atoms with Gasteiger partial charge in [0.05, 0.1) is 18.3 Å². The van der Waals surface area contributed by atoms with Crippen molar-refractivity contribution in [1.29, 1.82) is 0 Å². The molecule has 1 aliphatic rings. The molecule has 1 aliphatic carbocycles. The lowest BCUT2D eigenvalue weighted by molar-refractivity contribution is -0.166. The summed E-state index contributed by atoms with van der Waals surface area (Å²) in [7, 11) is 0. The first kappa shape index (κ1) is 39.5. The van der Waals surface area contributed by atoms with Crippen molar-refractivity contribution < 1.29 is 43.9 Å². The van der Waals surface area contributed by atoms with Gasteiger partial charge in [0, 0.05) is 32.1 Å². The van der Waals surface area contributed by atoms with Crippen molar-refractivity contribution in [1.82, 2.24) is 0 Å². The van der Waals surface area contributed by atoms with Gasteiger partial charge in [-0.1, -0.05) is 42.5 Å². The van der Waals surface area contributed by atoms with Gasteiger partial charge in [-0.3, -0.25) is 14.4 Å². The van der Waals surface area contributed by atoms with Gasteiger partial charge >= 0.3 is 17.9 Å². The Kier molecular flexibility index (Phi) is 19.9. The number of hydrogen-bond donors (Lipinski definition) is 3. The highest BCUT2D eigenvalue weighted by Crippen LogP contribution is 2.38. The molecule has 5 atom stereocenters. The van der Waals surface area contributed by atoms with E-state index in [4.69, 9.17) is 27.1 Å². The first-order valence-electron chi connectivity index (χ1n) is 16.8. The Morgan fingerprint density at radius 3 is 2.04 bits per heavy atom. The first-order chi connectivity index (χ1) is 22.7. The number of hydrogen-bond acceptors (Lipinski definition) is 9. The molecule has 0 spiro atoms. The second-order valence-corrected chi connectivity index (χ2v) is 12.1. The van der Waals surface area contributed by atoms with E-state index in [9.17, 15) is 29.7 Å². The average Bonchev–Trinajstić information content (AvgIpc) is 3.33. The maximum atomic E-state index is 12.5. The van der Waals surface area contributed by atoms with E-state index in [1.54, 1.807) is 0 Å². The van der Waals surface area contributed by atoms with E-state index in [-0.39, 0.29) is 44.3 Å². The number of unbranched alkanes of at least 4 members (excludes halogenated alkanes) is 3. The van der Waals surface area contributed by atoms with Crippen LogP contribution in [0.5, 0.6) is 0 Å². The number of rotatable bonds is 23. The summed E-state index contributed by atoms with van der Waals surface area (Å²) >= 11 is 0. The van der Waals surface area contributed by atoms with E-state index in [0.29, 0.717) is 70.6 Å². The zero-order chi connectivity index (χ0) is 34.3. The van der Waals surface area contributed by atoms with Crippen LogP contribution in [-0.2, 0) is 35.0 Å². The molecule has 1 aromatic carbocycles. The molecule has 0 aliphatic heterocycles. The van der Waals surface area contributed by atoms with E-state index < -0.39 is 42.3 Å². The standard InChI is InChI=1S/C38H52O9/c1-3-5-10-19-36(42)45-27-31(28-46-37(43)20-11-6-4-2)47-38(44)21-15-8-7-14-18-32-33(35(41)26-34(32)40)25-24-30(39)23-22-29-16-12-9-13-17-29/h1-2,7,9,12-14,16-17,30-35,39-41H,5-6,8,10-11,15,18-28H2/t30-,32+,33+,34-,35+/m0/s1. The van der Waals surface area contributed by atoms with E-state index >= 15 is 0 Å². The summed E-state index contributed by atoms with van der Waals surface area (Å²) in [5.74, 6) is 3.26. The molecule has 0 radical (unpaired) electrons. The fourth-order valence-corrected chi connectivity index (χ4v) is 5.70. The molecule has 0 aromatic heterocycles. The number of aliphatic hydroxyl groups excluding tert-OH is 3. The molecule has 1 saturated carbocycles. The molecule has 9 heteroatoms. The average molecular weight is 653 g/mol. The Morgan fingerprint density at radius 1 is 0.830 bits per heavy atom. The summed E-state index contributed by atoms with van der Waals surface area (Å²) in [6.07, 6.45) is 18.7. The minimum atomic E-state index is -0.935. The van der Waals surface area contributed by atoms with Crippen LogP contribution in [-0.4, -0.2) is 70.9 Å². The fourth-order valence-electron chi connectivity index (χ4n) is 5.70. The quantitative estimate of drug-likeness (QED) is 0.0498. The smallest absolute Gasteiger partial charge is 0.306 e. The monoisotopic (exact) mass is 652 g/mol. The van der Waals surface area contributed by atoms with Crippen molar-refractivity contribution in [2.75, 3.05) is 13.2 Å². The molecule has 0 bridgehead atoms. The maximum Gasteiger partial charge on any atom is 0.306 e. The molecular formula is C38H52O9. The molecule has 0 heterocycles. The van der Waals surface area contributed by atoms with Crippen LogP contribution in [0.2, 0.25) is 0 Å². The maximum absolute atomic E-state index is 12.5. The van der Waals surface area contributed by atoms with Gasteiger partial charge in [0.2, 0.25) is 0 Å². The molecule has 47 heavy (non-hydrogen) atoms. The normalized spacial score (nSPS) is 19.6. The molecule has 3 N–H and O–H groups in total. The number of benzene rings is 1. The minimum absolute atomic E-state index is 0.0919.